The number of carboxylic acid groups (broad SMARTS) is 1. The molecule has 1 aliphatic carbocycles. The van der Waals surface area contributed by atoms with Gasteiger partial charge in [-0.15, -0.1) is 0 Å². The second-order valence-corrected chi connectivity index (χ2v) is 6.38. The molecule has 1 aliphatic heterocycles. The lowest BCUT2D eigenvalue weighted by atomic mass is 10.1. The minimum absolute atomic E-state index is 0.243. The molecule has 4 rings (SSSR count). The predicted octanol–water partition coefficient (Wildman–Crippen LogP) is 3.39. The van der Waals surface area contributed by atoms with Gasteiger partial charge in [0.1, 0.15) is 11.4 Å². The first-order chi connectivity index (χ1) is 11.1. The molecule has 2 aromatic rings. The van der Waals surface area contributed by atoms with Gasteiger partial charge in [-0.25, -0.2) is 9.78 Å². The smallest absolute Gasteiger partial charge is 0.339 e. The number of fused-ring (bicyclic) bond motifs is 1. The number of likely N-dealkylation sites (N-methyl/N-ethyl adjacent to an activating group) is 1. The summed E-state index contributed by atoms with van der Waals surface area (Å²) >= 11 is 0. The van der Waals surface area contributed by atoms with Crippen LogP contribution in [0.3, 0.4) is 0 Å². The highest BCUT2D eigenvalue weighted by Gasteiger charge is 2.26. The van der Waals surface area contributed by atoms with E-state index < -0.39 is 5.97 Å². The average Bonchev–Trinajstić information content (AvgIpc) is 3.32. The average molecular weight is 309 g/mol. The number of nitrogens with one attached hydrogen (secondary N) is 1. The van der Waals surface area contributed by atoms with E-state index in [0.717, 1.165) is 37.1 Å². The molecule has 0 saturated heterocycles. The third-order valence-corrected chi connectivity index (χ3v) is 4.66. The van der Waals surface area contributed by atoms with E-state index in [1.165, 1.54) is 11.3 Å². The van der Waals surface area contributed by atoms with Crippen LogP contribution < -0.4 is 10.2 Å². The van der Waals surface area contributed by atoms with Crippen molar-refractivity contribution in [2.24, 2.45) is 0 Å². The number of anilines is 3. The number of carboxylic acids is 1. The normalized spacial score (nSPS) is 16.3. The molecule has 23 heavy (non-hydrogen) atoms. The fraction of sp³-hybridized carbons (Fsp3) is 0.333. The van der Waals surface area contributed by atoms with Crippen molar-refractivity contribution in [1.29, 1.82) is 0 Å². The molecule has 2 N–H and O–H groups in total. The number of benzene rings is 1. The first-order valence-electron chi connectivity index (χ1n) is 7.96. The van der Waals surface area contributed by atoms with E-state index in [4.69, 9.17) is 0 Å². The molecule has 0 atom stereocenters. The van der Waals surface area contributed by atoms with Crippen molar-refractivity contribution < 1.29 is 9.90 Å². The van der Waals surface area contributed by atoms with Crippen LogP contribution in [0.15, 0.2) is 30.5 Å². The summed E-state index contributed by atoms with van der Waals surface area (Å²) < 4.78 is 0. The van der Waals surface area contributed by atoms with Gasteiger partial charge in [0.15, 0.2) is 0 Å². The molecule has 0 bridgehead atoms. The largest absolute Gasteiger partial charge is 0.478 e. The molecule has 1 aromatic carbocycles. The van der Waals surface area contributed by atoms with E-state index in [0.29, 0.717) is 11.7 Å². The summed E-state index contributed by atoms with van der Waals surface area (Å²) in [6.07, 6.45) is 5.08. The first kappa shape index (κ1) is 14.1. The van der Waals surface area contributed by atoms with E-state index in [9.17, 15) is 9.90 Å². The van der Waals surface area contributed by atoms with Crippen molar-refractivity contribution in [1.82, 2.24) is 4.98 Å². The third-order valence-electron chi connectivity index (χ3n) is 4.66. The lowest BCUT2D eigenvalue weighted by Gasteiger charge is -2.14. The maximum Gasteiger partial charge on any atom is 0.339 e. The van der Waals surface area contributed by atoms with E-state index in [-0.39, 0.29) is 5.56 Å². The standard InChI is InChI=1S/C18H19N3O2/c1-21-7-6-12-8-14(4-5-16(12)21)20-17-15(18(22)23)9-13(10-19-17)11-2-3-11/h4-5,8-11H,2-3,6-7H2,1H3,(H,19,20)(H,22,23). The van der Waals surface area contributed by atoms with Crippen molar-refractivity contribution in [3.63, 3.8) is 0 Å². The van der Waals surface area contributed by atoms with Gasteiger partial charge in [0, 0.05) is 31.2 Å². The van der Waals surface area contributed by atoms with Gasteiger partial charge >= 0.3 is 5.97 Å². The van der Waals surface area contributed by atoms with Gasteiger partial charge in [-0.3, -0.25) is 0 Å². The highest BCUT2D eigenvalue weighted by atomic mass is 16.4. The Morgan fingerprint density at radius 3 is 2.91 bits per heavy atom. The van der Waals surface area contributed by atoms with Gasteiger partial charge in [-0.05, 0) is 60.6 Å². The Kier molecular flexibility index (Phi) is 3.22. The van der Waals surface area contributed by atoms with Crippen LogP contribution in [0, 0.1) is 0 Å². The van der Waals surface area contributed by atoms with E-state index in [2.05, 4.69) is 34.4 Å². The fourth-order valence-electron chi connectivity index (χ4n) is 3.16. The summed E-state index contributed by atoms with van der Waals surface area (Å²) in [4.78, 5) is 18.1. The Balaban J connectivity index is 1.64. The lowest BCUT2D eigenvalue weighted by Crippen LogP contribution is -2.12. The van der Waals surface area contributed by atoms with Crippen LogP contribution in [0.1, 0.15) is 40.2 Å². The minimum atomic E-state index is -0.941. The third kappa shape index (κ3) is 2.63. The number of carbonyl (C=O) groups is 1. The van der Waals surface area contributed by atoms with Crippen molar-refractivity contribution >= 4 is 23.2 Å². The van der Waals surface area contributed by atoms with Crippen molar-refractivity contribution in [3.05, 3.63) is 47.2 Å². The summed E-state index contributed by atoms with van der Waals surface area (Å²) in [5.74, 6) is -0.0400. The molecule has 2 aliphatic rings. The maximum absolute atomic E-state index is 11.6. The molecule has 5 heteroatoms. The maximum atomic E-state index is 11.6. The number of nitrogens with zero attached hydrogens (tertiary/aromatic N) is 2. The van der Waals surface area contributed by atoms with Gasteiger partial charge in [0.05, 0.1) is 0 Å². The number of aromatic carboxylic acids is 1. The van der Waals surface area contributed by atoms with Crippen LogP contribution in [0.4, 0.5) is 17.2 Å². The van der Waals surface area contributed by atoms with Crippen LogP contribution in [-0.2, 0) is 6.42 Å². The molecule has 0 amide bonds. The van der Waals surface area contributed by atoms with Crippen molar-refractivity contribution in [2.45, 2.75) is 25.2 Å². The highest BCUT2D eigenvalue weighted by molar-refractivity contribution is 5.94. The molecule has 2 heterocycles. The fourth-order valence-corrected chi connectivity index (χ4v) is 3.16. The molecule has 0 unspecified atom stereocenters. The van der Waals surface area contributed by atoms with E-state index >= 15 is 0 Å². The Hall–Kier alpha value is -2.56. The van der Waals surface area contributed by atoms with E-state index in [1.807, 2.05) is 6.07 Å². The second-order valence-electron chi connectivity index (χ2n) is 6.38. The summed E-state index contributed by atoms with van der Waals surface area (Å²) in [5, 5.41) is 12.6. The topological polar surface area (TPSA) is 65.5 Å². The minimum Gasteiger partial charge on any atom is -0.478 e. The van der Waals surface area contributed by atoms with E-state index in [1.54, 1.807) is 12.3 Å². The lowest BCUT2D eigenvalue weighted by molar-refractivity contribution is 0.0697. The molecular formula is C18H19N3O2. The predicted molar refractivity (Wildman–Crippen MR) is 89.9 cm³/mol. The summed E-state index contributed by atoms with van der Waals surface area (Å²) in [5.41, 5.74) is 4.68. The molecule has 1 saturated carbocycles. The van der Waals surface area contributed by atoms with Gasteiger partial charge in [-0.2, -0.15) is 0 Å². The van der Waals surface area contributed by atoms with Crippen LogP contribution in [0.5, 0.6) is 0 Å². The molecule has 0 radical (unpaired) electrons. The molecular weight excluding hydrogens is 290 g/mol. The molecule has 0 spiro atoms. The number of pyridine rings is 1. The summed E-state index contributed by atoms with van der Waals surface area (Å²) in [6, 6.07) is 7.89. The highest BCUT2D eigenvalue weighted by Crippen LogP contribution is 2.40. The Bertz CT molecular complexity index is 784. The van der Waals surface area contributed by atoms with Crippen molar-refractivity contribution in [2.75, 3.05) is 23.8 Å². The van der Waals surface area contributed by atoms with Crippen LogP contribution in [0.25, 0.3) is 0 Å². The Labute approximate surface area is 135 Å². The SMILES string of the molecule is CN1CCc2cc(Nc3ncc(C4CC4)cc3C(=O)O)ccc21. The number of rotatable bonds is 4. The van der Waals surface area contributed by atoms with Crippen LogP contribution in [0.2, 0.25) is 0 Å². The van der Waals surface area contributed by atoms with Gasteiger partial charge in [0.25, 0.3) is 0 Å². The van der Waals surface area contributed by atoms with Gasteiger partial charge in [0.2, 0.25) is 0 Å². The Morgan fingerprint density at radius 1 is 1.35 bits per heavy atom. The molecule has 5 nitrogen and oxygen atoms in total. The second kappa shape index (κ2) is 5.26. The van der Waals surface area contributed by atoms with Gasteiger partial charge in [-0.1, -0.05) is 0 Å². The zero-order valence-electron chi connectivity index (χ0n) is 13.0. The Morgan fingerprint density at radius 2 is 2.17 bits per heavy atom. The monoisotopic (exact) mass is 309 g/mol. The first-order valence-corrected chi connectivity index (χ1v) is 7.96. The molecule has 1 fully saturated rings. The summed E-state index contributed by atoms with van der Waals surface area (Å²) in [6.45, 7) is 1.02. The molecule has 118 valence electrons. The van der Waals surface area contributed by atoms with Crippen LogP contribution >= 0.6 is 0 Å². The molecule has 1 aromatic heterocycles. The zero-order chi connectivity index (χ0) is 16.0. The number of aromatic nitrogens is 1. The van der Waals surface area contributed by atoms with Crippen molar-refractivity contribution in [3.8, 4) is 0 Å². The zero-order valence-corrected chi connectivity index (χ0v) is 13.0. The van der Waals surface area contributed by atoms with Crippen LogP contribution in [-0.4, -0.2) is 29.7 Å². The van der Waals surface area contributed by atoms with Gasteiger partial charge < -0.3 is 15.3 Å². The quantitative estimate of drug-likeness (QED) is 0.906. The summed E-state index contributed by atoms with van der Waals surface area (Å²) in [7, 11) is 2.08. The number of hydrogen-bond donors (Lipinski definition) is 2. The number of hydrogen-bond acceptors (Lipinski definition) is 4.